The van der Waals surface area contributed by atoms with Crippen molar-refractivity contribution < 1.29 is 0 Å². The number of benzene rings is 1. The molecule has 2 N–H and O–H groups in total. The van der Waals surface area contributed by atoms with Crippen molar-refractivity contribution in [3.8, 4) is 0 Å². The summed E-state index contributed by atoms with van der Waals surface area (Å²) in [5.41, 5.74) is 10.0. The van der Waals surface area contributed by atoms with Gasteiger partial charge >= 0.3 is 0 Å². The number of aryl methyl sites for hydroxylation is 1. The third-order valence-electron chi connectivity index (χ3n) is 3.74. The zero-order valence-corrected chi connectivity index (χ0v) is 12.6. The lowest BCUT2D eigenvalue weighted by molar-refractivity contribution is 0.688. The third-order valence-corrected chi connectivity index (χ3v) is 3.74. The number of pyridine rings is 1. The maximum atomic E-state index is 12.5. The Morgan fingerprint density at radius 1 is 1.05 bits per heavy atom. The number of hydrogen-bond donors (Lipinski definition) is 1. The summed E-state index contributed by atoms with van der Waals surface area (Å²) in [6.45, 7) is 6.19. The molecule has 2 aromatic rings. The van der Waals surface area contributed by atoms with Gasteiger partial charge in [-0.2, -0.15) is 0 Å². The highest BCUT2D eigenvalue weighted by atomic mass is 16.1. The fraction of sp³-hybridized carbons (Fsp3) is 0.353. The van der Waals surface area contributed by atoms with Crippen LogP contribution in [0.2, 0.25) is 0 Å². The van der Waals surface area contributed by atoms with E-state index >= 15 is 0 Å². The maximum absolute atomic E-state index is 12.5. The first kappa shape index (κ1) is 14.5. The van der Waals surface area contributed by atoms with E-state index in [2.05, 4.69) is 13.8 Å². The third kappa shape index (κ3) is 2.68. The van der Waals surface area contributed by atoms with Crippen molar-refractivity contribution in [1.82, 2.24) is 4.57 Å². The standard InChI is InChI=1S/C17H22N2O/c1-11(2)15-10-9-14(17(20)19(15)4)16(18)13-7-5-12(3)6-8-13/h5-11,16H,18H2,1-4H3. The van der Waals surface area contributed by atoms with Crippen molar-refractivity contribution in [2.24, 2.45) is 12.8 Å². The van der Waals surface area contributed by atoms with Gasteiger partial charge in [-0.1, -0.05) is 43.7 Å². The molecule has 3 heteroatoms. The molecule has 0 spiro atoms. The number of aromatic nitrogens is 1. The first-order chi connectivity index (χ1) is 9.41. The van der Waals surface area contributed by atoms with Gasteiger partial charge in [-0.15, -0.1) is 0 Å². The van der Waals surface area contributed by atoms with Gasteiger partial charge in [0.05, 0.1) is 6.04 Å². The molecule has 1 unspecified atom stereocenters. The van der Waals surface area contributed by atoms with Gasteiger partial charge in [0.1, 0.15) is 0 Å². The molecular formula is C17H22N2O. The number of nitrogens with two attached hydrogens (primary N) is 1. The molecule has 0 bridgehead atoms. The highest BCUT2D eigenvalue weighted by Gasteiger charge is 2.15. The van der Waals surface area contributed by atoms with Crippen molar-refractivity contribution in [2.75, 3.05) is 0 Å². The van der Waals surface area contributed by atoms with Crippen LogP contribution in [0.5, 0.6) is 0 Å². The Morgan fingerprint density at radius 2 is 1.65 bits per heavy atom. The summed E-state index contributed by atoms with van der Waals surface area (Å²) >= 11 is 0. The fourth-order valence-electron chi connectivity index (χ4n) is 2.44. The summed E-state index contributed by atoms with van der Waals surface area (Å²) in [6, 6.07) is 11.5. The van der Waals surface area contributed by atoms with Crippen molar-refractivity contribution in [3.05, 3.63) is 69.1 Å². The van der Waals surface area contributed by atoms with Gasteiger partial charge in [0, 0.05) is 18.3 Å². The minimum absolute atomic E-state index is 0.00993. The second-order valence-corrected chi connectivity index (χ2v) is 5.62. The number of rotatable bonds is 3. The van der Waals surface area contributed by atoms with Gasteiger partial charge < -0.3 is 10.3 Å². The van der Waals surface area contributed by atoms with Crippen molar-refractivity contribution in [3.63, 3.8) is 0 Å². The van der Waals surface area contributed by atoms with Crippen LogP contribution in [0.3, 0.4) is 0 Å². The van der Waals surface area contributed by atoms with Crippen molar-refractivity contribution >= 4 is 0 Å². The molecule has 1 aromatic carbocycles. The molecule has 0 saturated carbocycles. The van der Waals surface area contributed by atoms with Crippen LogP contribution in [0.1, 0.15) is 48.2 Å². The molecule has 0 radical (unpaired) electrons. The molecule has 3 nitrogen and oxygen atoms in total. The predicted molar refractivity (Wildman–Crippen MR) is 83.0 cm³/mol. The Kier molecular flexibility index (Phi) is 4.09. The van der Waals surface area contributed by atoms with E-state index in [0.717, 1.165) is 11.3 Å². The molecule has 1 atom stereocenters. The van der Waals surface area contributed by atoms with Crippen LogP contribution >= 0.6 is 0 Å². The summed E-state index contributed by atoms with van der Waals surface area (Å²) in [6.07, 6.45) is 0. The average molecular weight is 270 g/mol. The lowest BCUT2D eigenvalue weighted by atomic mass is 9.98. The highest BCUT2D eigenvalue weighted by Crippen LogP contribution is 2.19. The summed E-state index contributed by atoms with van der Waals surface area (Å²) in [5.74, 6) is 0.317. The van der Waals surface area contributed by atoms with E-state index in [9.17, 15) is 4.79 Å². The van der Waals surface area contributed by atoms with Crippen LogP contribution in [0.25, 0.3) is 0 Å². The van der Waals surface area contributed by atoms with Crippen molar-refractivity contribution in [2.45, 2.75) is 32.7 Å². The van der Waals surface area contributed by atoms with Gasteiger partial charge in [0.2, 0.25) is 0 Å². The summed E-state index contributed by atoms with van der Waals surface area (Å²) in [5, 5.41) is 0. The van der Waals surface area contributed by atoms with Crippen LogP contribution in [0.4, 0.5) is 0 Å². The monoisotopic (exact) mass is 270 g/mol. The largest absolute Gasteiger partial charge is 0.320 e. The Labute approximate surface area is 120 Å². The minimum Gasteiger partial charge on any atom is -0.320 e. The predicted octanol–water partition coefficient (Wildman–Crippen LogP) is 2.87. The zero-order chi connectivity index (χ0) is 14.9. The van der Waals surface area contributed by atoms with E-state index in [1.54, 1.807) is 4.57 Å². The highest BCUT2D eigenvalue weighted by molar-refractivity contribution is 5.32. The van der Waals surface area contributed by atoms with Gasteiger partial charge in [-0.3, -0.25) is 4.79 Å². The molecular weight excluding hydrogens is 248 g/mol. The van der Waals surface area contributed by atoms with Crippen LogP contribution in [-0.4, -0.2) is 4.57 Å². The SMILES string of the molecule is Cc1ccc(C(N)c2ccc(C(C)C)n(C)c2=O)cc1. The van der Waals surface area contributed by atoms with Gasteiger partial charge in [-0.05, 0) is 30.5 Å². The first-order valence-electron chi connectivity index (χ1n) is 6.93. The van der Waals surface area contributed by atoms with E-state index in [1.807, 2.05) is 50.4 Å². The average Bonchev–Trinajstić information content (AvgIpc) is 2.41. The zero-order valence-electron chi connectivity index (χ0n) is 12.6. The van der Waals surface area contributed by atoms with E-state index < -0.39 is 0 Å². The number of nitrogens with zero attached hydrogens (tertiary/aromatic N) is 1. The molecule has 2 rings (SSSR count). The molecule has 1 heterocycles. The molecule has 0 saturated heterocycles. The summed E-state index contributed by atoms with van der Waals surface area (Å²) in [4.78, 5) is 12.5. The van der Waals surface area contributed by atoms with Crippen LogP contribution in [-0.2, 0) is 7.05 Å². The lowest BCUT2D eigenvalue weighted by Crippen LogP contribution is -2.29. The smallest absolute Gasteiger partial charge is 0.255 e. The van der Waals surface area contributed by atoms with Crippen LogP contribution in [0, 0.1) is 6.92 Å². The van der Waals surface area contributed by atoms with E-state index in [-0.39, 0.29) is 11.6 Å². The maximum Gasteiger partial charge on any atom is 0.255 e. The molecule has 0 fully saturated rings. The minimum atomic E-state index is -0.379. The Morgan fingerprint density at radius 3 is 2.20 bits per heavy atom. The molecule has 0 aliphatic carbocycles. The van der Waals surface area contributed by atoms with E-state index in [1.165, 1.54) is 5.56 Å². The van der Waals surface area contributed by atoms with Gasteiger partial charge in [0.25, 0.3) is 5.56 Å². The molecule has 0 aliphatic rings. The van der Waals surface area contributed by atoms with E-state index in [4.69, 9.17) is 5.73 Å². The second-order valence-electron chi connectivity index (χ2n) is 5.62. The fourth-order valence-corrected chi connectivity index (χ4v) is 2.44. The number of hydrogen-bond acceptors (Lipinski definition) is 2. The topological polar surface area (TPSA) is 48.0 Å². The van der Waals surface area contributed by atoms with Crippen LogP contribution < -0.4 is 11.3 Å². The molecule has 106 valence electrons. The second kappa shape index (κ2) is 5.63. The van der Waals surface area contributed by atoms with Crippen LogP contribution in [0.15, 0.2) is 41.2 Å². The summed E-state index contributed by atoms with van der Waals surface area (Å²) < 4.78 is 1.70. The Bertz CT molecular complexity index is 654. The Hall–Kier alpha value is -1.87. The molecule has 1 aromatic heterocycles. The van der Waals surface area contributed by atoms with Gasteiger partial charge in [-0.25, -0.2) is 0 Å². The Balaban J connectivity index is 2.46. The molecule has 0 aliphatic heterocycles. The quantitative estimate of drug-likeness (QED) is 0.932. The van der Waals surface area contributed by atoms with Crippen molar-refractivity contribution in [1.29, 1.82) is 0 Å². The van der Waals surface area contributed by atoms with Gasteiger partial charge in [0.15, 0.2) is 0 Å². The lowest BCUT2D eigenvalue weighted by Gasteiger charge is -2.17. The molecule has 20 heavy (non-hydrogen) atoms. The normalized spacial score (nSPS) is 12.7. The first-order valence-corrected chi connectivity index (χ1v) is 6.93. The molecule has 0 amide bonds. The summed E-state index contributed by atoms with van der Waals surface area (Å²) in [7, 11) is 1.81. The van der Waals surface area contributed by atoms with E-state index in [0.29, 0.717) is 11.5 Å².